The number of hydrogen-bond acceptors (Lipinski definition) is 2. The highest BCUT2D eigenvalue weighted by molar-refractivity contribution is 7.52. The van der Waals surface area contributed by atoms with Crippen molar-refractivity contribution in [2.24, 2.45) is 0 Å². The second kappa shape index (κ2) is 14.7. The lowest BCUT2D eigenvalue weighted by atomic mass is 10.1. The van der Waals surface area contributed by atoms with Crippen LogP contribution in [0, 0.1) is 0 Å². The molecule has 0 aliphatic rings. The topological polar surface area (TPSA) is 46.5 Å². The molecule has 2 atom stereocenters. The minimum atomic E-state index is -3.35. The fourth-order valence-electron chi connectivity index (χ4n) is 2.56. The first-order valence-corrected chi connectivity index (χ1v) is 11.3. The van der Waals surface area contributed by atoms with Crippen molar-refractivity contribution in [3.05, 3.63) is 0 Å². The van der Waals surface area contributed by atoms with Gasteiger partial charge >= 0.3 is 7.60 Å². The molecule has 0 aromatic heterocycles. The van der Waals surface area contributed by atoms with Gasteiger partial charge in [-0.3, -0.25) is 4.57 Å². The molecule has 0 aliphatic heterocycles. The van der Waals surface area contributed by atoms with E-state index in [-0.39, 0.29) is 6.10 Å². The minimum Gasteiger partial charge on any atom is -0.324 e. The molecule has 0 spiro atoms. The summed E-state index contributed by atoms with van der Waals surface area (Å²) >= 11 is 0. The van der Waals surface area contributed by atoms with Crippen LogP contribution in [0.1, 0.15) is 104 Å². The van der Waals surface area contributed by atoms with Crippen LogP contribution in [0.4, 0.5) is 0 Å². The van der Waals surface area contributed by atoms with Gasteiger partial charge in [0.25, 0.3) is 0 Å². The van der Waals surface area contributed by atoms with E-state index in [1.54, 1.807) is 0 Å². The maximum Gasteiger partial charge on any atom is 0.328 e. The molecule has 0 saturated heterocycles. The molecule has 0 heterocycles. The first-order valence-electron chi connectivity index (χ1n) is 9.52. The lowest BCUT2D eigenvalue weighted by Crippen LogP contribution is -2.06. The first kappa shape index (κ1) is 22.1. The van der Waals surface area contributed by atoms with Crippen LogP contribution in [0.5, 0.6) is 0 Å². The number of rotatable bonds is 16. The normalized spacial score (nSPS) is 15.6. The third-order valence-electron chi connectivity index (χ3n) is 4.21. The zero-order valence-electron chi connectivity index (χ0n) is 15.2. The maximum absolute atomic E-state index is 11.8. The summed E-state index contributed by atoms with van der Waals surface area (Å²) in [7, 11) is -3.35. The minimum absolute atomic E-state index is 0.117. The van der Waals surface area contributed by atoms with E-state index in [2.05, 4.69) is 6.92 Å². The third-order valence-corrected chi connectivity index (χ3v) is 5.78. The predicted molar refractivity (Wildman–Crippen MR) is 96.6 cm³/mol. The molecule has 2 unspecified atom stereocenters. The Hall–Kier alpha value is 0.150. The molecule has 3 nitrogen and oxygen atoms in total. The van der Waals surface area contributed by atoms with Gasteiger partial charge in [-0.1, -0.05) is 84.5 Å². The molecule has 0 saturated carbocycles. The van der Waals surface area contributed by atoms with Gasteiger partial charge in [-0.2, -0.15) is 0 Å². The van der Waals surface area contributed by atoms with E-state index in [9.17, 15) is 9.46 Å². The Kier molecular flexibility index (Phi) is 14.8. The van der Waals surface area contributed by atoms with Crippen LogP contribution >= 0.6 is 7.60 Å². The Bertz CT molecular complexity index is 282. The van der Waals surface area contributed by atoms with Gasteiger partial charge in [-0.25, -0.2) is 0 Å². The van der Waals surface area contributed by atoms with E-state index in [1.165, 1.54) is 64.2 Å². The van der Waals surface area contributed by atoms with Gasteiger partial charge in [-0.05, 0) is 19.8 Å². The summed E-state index contributed by atoms with van der Waals surface area (Å²) in [6.45, 7) is 6.08. The summed E-state index contributed by atoms with van der Waals surface area (Å²) < 4.78 is 17.0. The van der Waals surface area contributed by atoms with Crippen LogP contribution in [-0.4, -0.2) is 17.2 Å². The summed E-state index contributed by atoms with van der Waals surface area (Å²) in [6, 6.07) is 0. The van der Waals surface area contributed by atoms with Gasteiger partial charge in [0.2, 0.25) is 0 Å². The Labute approximate surface area is 138 Å². The molecule has 0 aliphatic carbocycles. The van der Waals surface area contributed by atoms with E-state index >= 15 is 0 Å². The monoisotopic (exact) mass is 334 g/mol. The first-order chi connectivity index (χ1) is 10.5. The predicted octanol–water partition coefficient (Wildman–Crippen LogP) is 6.69. The van der Waals surface area contributed by atoms with E-state index in [0.29, 0.717) is 6.16 Å². The molecule has 134 valence electrons. The molecule has 1 N–H and O–H groups in total. The van der Waals surface area contributed by atoms with Crippen LogP contribution in [0.15, 0.2) is 0 Å². The molecule has 4 heteroatoms. The van der Waals surface area contributed by atoms with Crippen LogP contribution in [0.2, 0.25) is 0 Å². The Morgan fingerprint density at radius 2 is 1.23 bits per heavy atom. The zero-order chi connectivity index (χ0) is 16.7. The molecule has 0 aromatic rings. The SMILES string of the molecule is CCCCCCCCCCCCCCP(=O)(O)OC(C)CC. The highest BCUT2D eigenvalue weighted by Crippen LogP contribution is 2.44. The molecule has 0 aromatic carbocycles. The largest absolute Gasteiger partial charge is 0.328 e. The highest BCUT2D eigenvalue weighted by Gasteiger charge is 2.20. The van der Waals surface area contributed by atoms with Crippen LogP contribution < -0.4 is 0 Å². The Morgan fingerprint density at radius 3 is 1.64 bits per heavy atom. The molecular weight excluding hydrogens is 295 g/mol. The van der Waals surface area contributed by atoms with E-state index < -0.39 is 7.60 Å². The van der Waals surface area contributed by atoms with Crippen LogP contribution in [0.3, 0.4) is 0 Å². The molecule has 0 fully saturated rings. The summed E-state index contributed by atoms with van der Waals surface area (Å²) in [5, 5.41) is 0. The van der Waals surface area contributed by atoms with Crippen molar-refractivity contribution < 1.29 is 14.0 Å². The summed E-state index contributed by atoms with van der Waals surface area (Å²) in [5.41, 5.74) is 0. The van der Waals surface area contributed by atoms with Crippen molar-refractivity contribution in [2.45, 2.75) is 110 Å². The summed E-state index contributed by atoms with van der Waals surface area (Å²) in [4.78, 5) is 9.71. The molecular formula is C18H39O3P. The van der Waals surface area contributed by atoms with Crippen LogP contribution in [0.25, 0.3) is 0 Å². The maximum atomic E-state index is 11.8. The van der Waals surface area contributed by atoms with Crippen molar-refractivity contribution in [3.63, 3.8) is 0 Å². The highest BCUT2D eigenvalue weighted by atomic mass is 31.2. The van der Waals surface area contributed by atoms with Crippen molar-refractivity contribution >= 4 is 7.60 Å². The second-order valence-corrected chi connectivity index (χ2v) is 8.51. The third kappa shape index (κ3) is 15.1. The van der Waals surface area contributed by atoms with Crippen molar-refractivity contribution in [2.75, 3.05) is 6.16 Å². The van der Waals surface area contributed by atoms with Gasteiger partial charge in [0.15, 0.2) is 0 Å². The summed E-state index contributed by atoms with van der Waals surface area (Å²) in [5.74, 6) is 0. The number of hydrogen-bond donors (Lipinski definition) is 1. The fraction of sp³-hybridized carbons (Fsp3) is 1.00. The van der Waals surface area contributed by atoms with Gasteiger partial charge in [0, 0.05) is 6.16 Å². The fourth-order valence-corrected chi connectivity index (χ4v) is 4.00. The molecule has 0 rings (SSSR count). The quantitative estimate of drug-likeness (QED) is 0.253. The second-order valence-electron chi connectivity index (χ2n) is 6.57. The van der Waals surface area contributed by atoms with Crippen molar-refractivity contribution in [1.82, 2.24) is 0 Å². The zero-order valence-corrected chi connectivity index (χ0v) is 16.1. The van der Waals surface area contributed by atoms with E-state index in [1.807, 2.05) is 13.8 Å². The Morgan fingerprint density at radius 1 is 0.818 bits per heavy atom. The lowest BCUT2D eigenvalue weighted by Gasteiger charge is -2.16. The molecule has 22 heavy (non-hydrogen) atoms. The van der Waals surface area contributed by atoms with E-state index in [4.69, 9.17) is 4.52 Å². The average molecular weight is 334 g/mol. The van der Waals surface area contributed by atoms with Crippen LogP contribution in [-0.2, 0) is 9.09 Å². The van der Waals surface area contributed by atoms with Crippen molar-refractivity contribution in [1.29, 1.82) is 0 Å². The molecule has 0 amide bonds. The smallest absolute Gasteiger partial charge is 0.324 e. The molecule has 0 bridgehead atoms. The van der Waals surface area contributed by atoms with Gasteiger partial charge in [0.1, 0.15) is 0 Å². The summed E-state index contributed by atoms with van der Waals surface area (Å²) in [6.07, 6.45) is 16.2. The van der Waals surface area contributed by atoms with E-state index in [0.717, 1.165) is 19.3 Å². The lowest BCUT2D eigenvalue weighted by molar-refractivity contribution is 0.185. The molecule has 0 radical (unpaired) electrons. The standard InChI is InChI=1S/C18H39O3P/c1-4-6-7-8-9-10-11-12-13-14-15-16-17-22(19,20)21-18(3)5-2/h18H,4-17H2,1-3H3,(H,19,20). The van der Waals surface area contributed by atoms with Gasteiger partial charge < -0.3 is 9.42 Å². The van der Waals surface area contributed by atoms with Gasteiger partial charge in [-0.15, -0.1) is 0 Å². The average Bonchev–Trinajstić information content (AvgIpc) is 2.47. The van der Waals surface area contributed by atoms with Crippen molar-refractivity contribution in [3.8, 4) is 0 Å². The Balaban J connectivity index is 3.31. The number of unbranched alkanes of at least 4 members (excludes halogenated alkanes) is 11. The van der Waals surface area contributed by atoms with Gasteiger partial charge in [0.05, 0.1) is 6.10 Å².